The van der Waals surface area contributed by atoms with Gasteiger partial charge < -0.3 is 4.52 Å². The van der Waals surface area contributed by atoms with E-state index in [4.69, 9.17) is 16.1 Å². The van der Waals surface area contributed by atoms with Crippen LogP contribution in [0.2, 0.25) is 0 Å². The first-order chi connectivity index (χ1) is 5.05. The fourth-order valence-corrected chi connectivity index (χ4v) is 1.16. The van der Waals surface area contributed by atoms with E-state index < -0.39 is 0 Å². The van der Waals surface area contributed by atoms with Crippen molar-refractivity contribution >= 4 is 11.6 Å². The summed E-state index contributed by atoms with van der Waals surface area (Å²) in [5, 5.41) is 3.90. The van der Waals surface area contributed by atoms with Gasteiger partial charge in [0.25, 0.3) is 0 Å². The third kappa shape index (κ3) is 1.74. The molecule has 0 N–H and O–H groups in total. The molecule has 1 heterocycles. The highest BCUT2D eigenvalue weighted by molar-refractivity contribution is 6.17. The van der Waals surface area contributed by atoms with E-state index in [0.717, 1.165) is 11.3 Å². The average molecular weight is 174 g/mol. The van der Waals surface area contributed by atoms with E-state index in [9.17, 15) is 0 Å². The van der Waals surface area contributed by atoms with Crippen LogP contribution in [0.3, 0.4) is 0 Å². The van der Waals surface area contributed by atoms with Crippen LogP contribution < -0.4 is 0 Å². The lowest BCUT2D eigenvalue weighted by Crippen LogP contribution is -2.13. The maximum absolute atomic E-state index is 5.68. The van der Waals surface area contributed by atoms with Gasteiger partial charge in [0.05, 0.1) is 11.6 Å². The summed E-state index contributed by atoms with van der Waals surface area (Å²) < 4.78 is 4.83. The zero-order valence-electron chi connectivity index (χ0n) is 7.02. The van der Waals surface area contributed by atoms with Crippen LogP contribution in [0, 0.1) is 0 Å². The topological polar surface area (TPSA) is 26.0 Å². The number of nitrogens with zero attached hydrogens (tertiary/aromatic N) is 1. The Morgan fingerprint density at radius 2 is 2.18 bits per heavy atom. The Hall–Kier alpha value is -0.500. The predicted octanol–water partition coefficient (Wildman–Crippen LogP) is 2.71. The van der Waals surface area contributed by atoms with Gasteiger partial charge in [-0.2, -0.15) is 0 Å². The van der Waals surface area contributed by atoms with Crippen molar-refractivity contribution < 1.29 is 4.52 Å². The van der Waals surface area contributed by atoms with Crippen LogP contribution in [0.5, 0.6) is 0 Å². The van der Waals surface area contributed by atoms with Gasteiger partial charge in [0.1, 0.15) is 6.26 Å². The minimum absolute atomic E-state index is 0.0250. The van der Waals surface area contributed by atoms with E-state index in [1.165, 1.54) is 0 Å². The quantitative estimate of drug-likeness (QED) is 0.611. The first-order valence-corrected chi connectivity index (χ1v) is 4.09. The van der Waals surface area contributed by atoms with Gasteiger partial charge in [-0.25, -0.2) is 0 Å². The Morgan fingerprint density at radius 1 is 1.55 bits per heavy atom. The molecule has 1 aromatic rings. The summed E-state index contributed by atoms with van der Waals surface area (Å²) in [6.45, 7) is 6.25. The molecule has 0 aromatic carbocycles. The molecule has 0 saturated carbocycles. The van der Waals surface area contributed by atoms with E-state index >= 15 is 0 Å². The number of hydrogen-bond acceptors (Lipinski definition) is 2. The third-order valence-corrected chi connectivity index (χ3v) is 1.79. The highest BCUT2D eigenvalue weighted by atomic mass is 35.5. The number of hydrogen-bond donors (Lipinski definition) is 0. The summed E-state index contributed by atoms with van der Waals surface area (Å²) in [5.74, 6) is 0.468. The predicted molar refractivity (Wildman–Crippen MR) is 44.8 cm³/mol. The molecule has 0 unspecified atom stereocenters. The molecule has 0 atom stereocenters. The number of alkyl halides is 1. The van der Waals surface area contributed by atoms with Crippen molar-refractivity contribution in [2.24, 2.45) is 0 Å². The normalized spacial score (nSPS) is 12.0. The molecule has 0 radical (unpaired) electrons. The van der Waals surface area contributed by atoms with Crippen LogP contribution in [-0.2, 0) is 11.3 Å². The van der Waals surface area contributed by atoms with Crippen LogP contribution >= 0.6 is 11.6 Å². The van der Waals surface area contributed by atoms with E-state index in [-0.39, 0.29) is 5.41 Å². The minimum atomic E-state index is 0.0250. The molecule has 0 aliphatic carbocycles. The second-order valence-electron chi connectivity index (χ2n) is 3.57. The summed E-state index contributed by atoms with van der Waals surface area (Å²) in [5.41, 5.74) is 1.96. The fourth-order valence-electron chi connectivity index (χ4n) is 0.971. The molecule has 2 nitrogen and oxygen atoms in total. The Labute approximate surface area is 71.5 Å². The van der Waals surface area contributed by atoms with Crippen molar-refractivity contribution in [2.45, 2.75) is 32.1 Å². The van der Waals surface area contributed by atoms with Crippen LogP contribution in [-0.4, -0.2) is 5.16 Å². The highest BCUT2D eigenvalue weighted by Crippen LogP contribution is 2.24. The standard InChI is InChI=1S/C8H12ClNO/c1-8(2,3)7-6(4-9)5-11-10-7/h5H,4H2,1-3H3. The zero-order valence-corrected chi connectivity index (χ0v) is 7.77. The number of rotatable bonds is 1. The molecule has 0 aliphatic heterocycles. The molecule has 62 valence electrons. The van der Waals surface area contributed by atoms with Gasteiger partial charge >= 0.3 is 0 Å². The highest BCUT2D eigenvalue weighted by Gasteiger charge is 2.21. The molecule has 1 rings (SSSR count). The van der Waals surface area contributed by atoms with Gasteiger partial charge in [-0.05, 0) is 0 Å². The van der Waals surface area contributed by atoms with E-state index in [1.54, 1.807) is 6.26 Å². The van der Waals surface area contributed by atoms with Crippen LogP contribution in [0.15, 0.2) is 10.8 Å². The summed E-state index contributed by atoms with van der Waals surface area (Å²) in [4.78, 5) is 0. The van der Waals surface area contributed by atoms with Crippen molar-refractivity contribution in [1.82, 2.24) is 5.16 Å². The lowest BCUT2D eigenvalue weighted by Gasteiger charge is -2.15. The maximum atomic E-state index is 5.68. The molecule has 0 amide bonds. The van der Waals surface area contributed by atoms with E-state index in [0.29, 0.717) is 5.88 Å². The van der Waals surface area contributed by atoms with Gasteiger partial charge in [0.15, 0.2) is 0 Å². The third-order valence-electron chi connectivity index (χ3n) is 1.50. The SMILES string of the molecule is CC(C)(C)c1nocc1CCl. The van der Waals surface area contributed by atoms with Crippen molar-refractivity contribution in [3.63, 3.8) is 0 Å². The molecule has 0 fully saturated rings. The molecule has 0 bridgehead atoms. The van der Waals surface area contributed by atoms with Gasteiger partial charge in [-0.1, -0.05) is 25.9 Å². The summed E-state index contributed by atoms with van der Waals surface area (Å²) >= 11 is 5.68. The second kappa shape index (κ2) is 2.86. The van der Waals surface area contributed by atoms with Gasteiger partial charge in [-0.15, -0.1) is 11.6 Å². The fraction of sp³-hybridized carbons (Fsp3) is 0.625. The van der Waals surface area contributed by atoms with Crippen molar-refractivity contribution in [2.75, 3.05) is 0 Å². The Bertz CT molecular complexity index is 236. The lowest BCUT2D eigenvalue weighted by molar-refractivity contribution is 0.393. The summed E-state index contributed by atoms with van der Waals surface area (Å²) in [6, 6.07) is 0. The Balaban J connectivity index is 3.02. The number of halogens is 1. The lowest BCUT2D eigenvalue weighted by atomic mass is 9.90. The molecule has 1 aromatic heterocycles. The summed E-state index contributed by atoms with van der Waals surface area (Å²) in [7, 11) is 0. The molecule has 11 heavy (non-hydrogen) atoms. The Morgan fingerprint density at radius 3 is 2.55 bits per heavy atom. The minimum Gasteiger partial charge on any atom is -0.364 e. The van der Waals surface area contributed by atoms with Crippen molar-refractivity contribution in [3.05, 3.63) is 17.5 Å². The largest absolute Gasteiger partial charge is 0.364 e. The smallest absolute Gasteiger partial charge is 0.128 e. The average Bonchev–Trinajstić information content (AvgIpc) is 2.31. The van der Waals surface area contributed by atoms with Crippen molar-refractivity contribution in [1.29, 1.82) is 0 Å². The molecule has 3 heteroatoms. The zero-order chi connectivity index (χ0) is 8.48. The van der Waals surface area contributed by atoms with Gasteiger partial charge in [0.2, 0.25) is 0 Å². The van der Waals surface area contributed by atoms with Crippen molar-refractivity contribution in [3.8, 4) is 0 Å². The van der Waals surface area contributed by atoms with Crippen LogP contribution in [0.1, 0.15) is 32.0 Å². The summed E-state index contributed by atoms with van der Waals surface area (Å²) in [6.07, 6.45) is 1.60. The number of aromatic nitrogens is 1. The van der Waals surface area contributed by atoms with E-state index in [1.807, 2.05) is 0 Å². The van der Waals surface area contributed by atoms with Crippen LogP contribution in [0.4, 0.5) is 0 Å². The molecule has 0 spiro atoms. The molecule has 0 aliphatic rings. The van der Waals surface area contributed by atoms with Crippen LogP contribution in [0.25, 0.3) is 0 Å². The molecule has 0 saturated heterocycles. The monoisotopic (exact) mass is 173 g/mol. The Kier molecular flexibility index (Phi) is 2.23. The second-order valence-corrected chi connectivity index (χ2v) is 3.84. The molecular formula is C8H12ClNO. The van der Waals surface area contributed by atoms with E-state index in [2.05, 4.69) is 25.9 Å². The molecular weight excluding hydrogens is 162 g/mol. The first-order valence-electron chi connectivity index (χ1n) is 3.55. The van der Waals surface area contributed by atoms with Gasteiger partial charge in [0, 0.05) is 11.0 Å². The van der Waals surface area contributed by atoms with Gasteiger partial charge in [-0.3, -0.25) is 0 Å². The maximum Gasteiger partial charge on any atom is 0.128 e. The first kappa shape index (κ1) is 8.60.